The first kappa shape index (κ1) is 13.2. The van der Waals surface area contributed by atoms with Crippen LogP contribution < -0.4 is 0 Å². The summed E-state index contributed by atoms with van der Waals surface area (Å²) >= 11 is 5.92. The van der Waals surface area contributed by atoms with Gasteiger partial charge in [0.1, 0.15) is 0 Å². The SMILES string of the molecule is CC(C)C(=O)N=S(C)(=O)c1ccccc1Cl. The van der Waals surface area contributed by atoms with E-state index in [9.17, 15) is 9.00 Å². The Hall–Kier alpha value is -0.870. The molecule has 1 atom stereocenters. The second-order valence-corrected chi connectivity index (χ2v) is 6.45. The summed E-state index contributed by atoms with van der Waals surface area (Å²) in [6.45, 7) is 3.43. The Balaban J connectivity index is 3.28. The topological polar surface area (TPSA) is 46.5 Å². The maximum absolute atomic E-state index is 12.3. The van der Waals surface area contributed by atoms with Crippen molar-refractivity contribution >= 4 is 27.2 Å². The third-order valence-electron chi connectivity index (χ3n) is 2.00. The molecular weight excluding hydrogens is 246 g/mol. The summed E-state index contributed by atoms with van der Waals surface area (Å²) < 4.78 is 16.0. The fourth-order valence-electron chi connectivity index (χ4n) is 1.08. The van der Waals surface area contributed by atoms with E-state index >= 15 is 0 Å². The Morgan fingerprint density at radius 3 is 2.44 bits per heavy atom. The zero-order chi connectivity index (χ0) is 12.3. The Labute approximate surface area is 101 Å². The number of carbonyl (C=O) groups is 1. The van der Waals surface area contributed by atoms with Crippen LogP contribution in [0.3, 0.4) is 0 Å². The van der Waals surface area contributed by atoms with Gasteiger partial charge in [-0.05, 0) is 12.1 Å². The highest BCUT2D eigenvalue weighted by atomic mass is 35.5. The number of nitrogens with zero attached hydrogens (tertiary/aromatic N) is 1. The smallest absolute Gasteiger partial charge is 0.256 e. The van der Waals surface area contributed by atoms with E-state index in [1.54, 1.807) is 38.1 Å². The summed E-state index contributed by atoms with van der Waals surface area (Å²) in [5, 5.41) is 0.371. The quantitative estimate of drug-likeness (QED) is 0.820. The normalized spacial score (nSPS) is 14.6. The first-order chi connectivity index (χ1) is 7.34. The Morgan fingerprint density at radius 1 is 1.38 bits per heavy atom. The highest BCUT2D eigenvalue weighted by Gasteiger charge is 2.14. The van der Waals surface area contributed by atoms with Crippen molar-refractivity contribution in [3.63, 3.8) is 0 Å². The van der Waals surface area contributed by atoms with Gasteiger partial charge in [0.15, 0.2) is 0 Å². The molecule has 0 fully saturated rings. The first-order valence-electron chi connectivity index (χ1n) is 4.85. The molecule has 0 aliphatic rings. The molecule has 0 spiro atoms. The van der Waals surface area contributed by atoms with E-state index in [1.807, 2.05) is 0 Å². The molecule has 0 saturated heterocycles. The lowest BCUT2D eigenvalue weighted by Crippen LogP contribution is -2.08. The number of halogens is 1. The molecule has 0 bridgehead atoms. The van der Waals surface area contributed by atoms with Gasteiger partial charge < -0.3 is 0 Å². The van der Waals surface area contributed by atoms with Crippen molar-refractivity contribution in [3.05, 3.63) is 29.3 Å². The van der Waals surface area contributed by atoms with Crippen LogP contribution in [0.5, 0.6) is 0 Å². The summed E-state index contributed by atoms with van der Waals surface area (Å²) in [5.41, 5.74) is 0. The molecule has 0 aliphatic carbocycles. The van der Waals surface area contributed by atoms with Gasteiger partial charge >= 0.3 is 0 Å². The number of hydrogen-bond donors (Lipinski definition) is 0. The van der Waals surface area contributed by atoms with Crippen LogP contribution >= 0.6 is 11.6 Å². The third kappa shape index (κ3) is 3.06. The standard InChI is InChI=1S/C11H14ClNO2S/c1-8(2)11(14)13-16(3,15)10-7-5-4-6-9(10)12/h4-8H,1-3H3. The van der Waals surface area contributed by atoms with Crippen molar-refractivity contribution in [3.8, 4) is 0 Å². The molecule has 1 aromatic rings. The van der Waals surface area contributed by atoms with Crippen molar-refractivity contribution in [2.75, 3.05) is 6.26 Å². The fraction of sp³-hybridized carbons (Fsp3) is 0.364. The molecule has 0 heterocycles. The summed E-state index contributed by atoms with van der Waals surface area (Å²) in [6, 6.07) is 6.72. The number of rotatable bonds is 2. The van der Waals surface area contributed by atoms with E-state index in [4.69, 9.17) is 11.6 Å². The van der Waals surface area contributed by atoms with Crippen molar-refractivity contribution < 1.29 is 9.00 Å². The van der Waals surface area contributed by atoms with Crippen LogP contribution in [0, 0.1) is 5.92 Å². The molecule has 1 rings (SSSR count). The van der Waals surface area contributed by atoms with Crippen LogP contribution in [0.2, 0.25) is 5.02 Å². The highest BCUT2D eigenvalue weighted by molar-refractivity contribution is 7.93. The number of carbonyl (C=O) groups excluding carboxylic acids is 1. The van der Waals surface area contributed by atoms with Gasteiger partial charge in [0.05, 0.1) is 19.6 Å². The summed E-state index contributed by atoms with van der Waals surface area (Å²) in [5.74, 6) is -0.629. The van der Waals surface area contributed by atoms with Crippen molar-refractivity contribution in [2.24, 2.45) is 10.3 Å². The lowest BCUT2D eigenvalue weighted by molar-refractivity contribution is -0.120. The van der Waals surface area contributed by atoms with Gasteiger partial charge in [0.25, 0.3) is 5.91 Å². The van der Waals surface area contributed by atoms with E-state index in [2.05, 4.69) is 4.36 Å². The van der Waals surface area contributed by atoms with Crippen molar-refractivity contribution in [1.29, 1.82) is 0 Å². The molecule has 0 N–H and O–H groups in total. The Bertz CT molecular complexity index is 516. The largest absolute Gasteiger partial charge is 0.272 e. The van der Waals surface area contributed by atoms with Gasteiger partial charge in [-0.2, -0.15) is 4.36 Å². The highest BCUT2D eigenvalue weighted by Crippen LogP contribution is 2.22. The van der Waals surface area contributed by atoms with Gasteiger partial charge in [0, 0.05) is 12.2 Å². The van der Waals surface area contributed by atoms with E-state index in [-0.39, 0.29) is 11.8 Å². The maximum Gasteiger partial charge on any atom is 0.256 e. The minimum absolute atomic E-state index is 0.261. The molecule has 0 saturated carbocycles. The molecule has 3 nitrogen and oxygen atoms in total. The van der Waals surface area contributed by atoms with E-state index < -0.39 is 9.73 Å². The first-order valence-corrected chi connectivity index (χ1v) is 7.15. The summed E-state index contributed by atoms with van der Waals surface area (Å²) in [6.07, 6.45) is 1.43. The average molecular weight is 260 g/mol. The molecule has 5 heteroatoms. The molecule has 0 aliphatic heterocycles. The molecular formula is C11H14ClNO2S. The lowest BCUT2D eigenvalue weighted by Gasteiger charge is -2.06. The monoisotopic (exact) mass is 259 g/mol. The van der Waals surface area contributed by atoms with Crippen LogP contribution in [0.25, 0.3) is 0 Å². The molecule has 0 radical (unpaired) electrons. The van der Waals surface area contributed by atoms with Crippen LogP contribution in [0.1, 0.15) is 13.8 Å². The predicted octanol–water partition coefficient (Wildman–Crippen LogP) is 2.98. The van der Waals surface area contributed by atoms with Gasteiger partial charge in [-0.25, -0.2) is 4.21 Å². The zero-order valence-electron chi connectivity index (χ0n) is 9.44. The van der Waals surface area contributed by atoms with Gasteiger partial charge in [-0.1, -0.05) is 37.6 Å². The van der Waals surface area contributed by atoms with E-state index in [0.717, 1.165) is 0 Å². The molecule has 1 amide bonds. The average Bonchev–Trinajstić information content (AvgIpc) is 2.17. The van der Waals surface area contributed by atoms with Gasteiger partial charge in [-0.15, -0.1) is 0 Å². The number of hydrogen-bond acceptors (Lipinski definition) is 2. The number of amides is 1. The van der Waals surface area contributed by atoms with Crippen LogP contribution in [0.4, 0.5) is 0 Å². The van der Waals surface area contributed by atoms with Crippen LogP contribution in [-0.2, 0) is 14.5 Å². The van der Waals surface area contributed by atoms with E-state index in [1.165, 1.54) is 6.26 Å². The Kier molecular flexibility index (Phi) is 4.10. The van der Waals surface area contributed by atoms with Gasteiger partial charge in [0.2, 0.25) is 0 Å². The summed E-state index contributed by atoms with van der Waals surface area (Å²) in [7, 11) is -2.74. The second kappa shape index (κ2) is 4.97. The fourth-order valence-corrected chi connectivity index (χ4v) is 3.06. The van der Waals surface area contributed by atoms with Crippen molar-refractivity contribution in [2.45, 2.75) is 18.7 Å². The van der Waals surface area contributed by atoms with Crippen LogP contribution in [-0.4, -0.2) is 16.4 Å². The Morgan fingerprint density at radius 2 is 1.94 bits per heavy atom. The second-order valence-electron chi connectivity index (χ2n) is 3.82. The summed E-state index contributed by atoms with van der Waals surface area (Å²) in [4.78, 5) is 11.9. The number of benzene rings is 1. The molecule has 1 unspecified atom stereocenters. The minimum Gasteiger partial charge on any atom is -0.272 e. The predicted molar refractivity (Wildman–Crippen MR) is 66.1 cm³/mol. The zero-order valence-corrected chi connectivity index (χ0v) is 11.0. The van der Waals surface area contributed by atoms with Crippen molar-refractivity contribution in [1.82, 2.24) is 0 Å². The minimum atomic E-state index is -2.74. The maximum atomic E-state index is 12.3. The lowest BCUT2D eigenvalue weighted by atomic mass is 10.2. The molecule has 1 aromatic carbocycles. The van der Waals surface area contributed by atoms with Gasteiger partial charge in [-0.3, -0.25) is 4.79 Å². The molecule has 0 aromatic heterocycles. The molecule has 16 heavy (non-hydrogen) atoms. The molecule has 88 valence electrons. The van der Waals surface area contributed by atoms with Crippen LogP contribution in [0.15, 0.2) is 33.5 Å². The third-order valence-corrected chi connectivity index (χ3v) is 4.14. The van der Waals surface area contributed by atoms with E-state index in [0.29, 0.717) is 9.92 Å².